The zero-order valence-corrected chi connectivity index (χ0v) is 13.2. The van der Waals surface area contributed by atoms with Crippen LogP contribution in [-0.4, -0.2) is 6.54 Å². The first kappa shape index (κ1) is 16.4. The van der Waals surface area contributed by atoms with Crippen LogP contribution in [0.2, 0.25) is 0 Å². The Morgan fingerprint density at radius 3 is 1.39 bits per heavy atom. The van der Waals surface area contributed by atoms with E-state index in [1.165, 1.54) is 11.4 Å². The first-order valence-electron chi connectivity index (χ1n) is 7.60. The van der Waals surface area contributed by atoms with Crippen LogP contribution in [0.15, 0.2) is 104 Å². The van der Waals surface area contributed by atoms with E-state index in [0.717, 1.165) is 12.2 Å². The van der Waals surface area contributed by atoms with E-state index < -0.39 is 0 Å². The van der Waals surface area contributed by atoms with Crippen molar-refractivity contribution in [2.24, 2.45) is 0 Å². The molecular formula is C21H22N2. The molecule has 0 bridgehead atoms. The lowest BCUT2D eigenvalue weighted by atomic mass is 10.2. The molecular weight excluding hydrogens is 280 g/mol. The fourth-order valence-corrected chi connectivity index (χ4v) is 2.16. The molecule has 3 aromatic carbocycles. The summed E-state index contributed by atoms with van der Waals surface area (Å²) in [7, 11) is 0. The average molecular weight is 302 g/mol. The first-order valence-corrected chi connectivity index (χ1v) is 7.60. The van der Waals surface area contributed by atoms with Gasteiger partial charge in [-0.15, -0.1) is 6.58 Å². The van der Waals surface area contributed by atoms with Crippen molar-refractivity contribution in [3.63, 3.8) is 0 Å². The van der Waals surface area contributed by atoms with Gasteiger partial charge in [-0.25, -0.2) is 0 Å². The summed E-state index contributed by atoms with van der Waals surface area (Å²) in [6, 6.07) is 30.2. The lowest BCUT2D eigenvalue weighted by Gasteiger charge is -2.23. The van der Waals surface area contributed by atoms with Crippen molar-refractivity contribution in [1.82, 2.24) is 0 Å². The molecule has 2 heteroatoms. The summed E-state index contributed by atoms with van der Waals surface area (Å²) in [5, 5.41) is 0. The molecule has 3 aromatic rings. The lowest BCUT2D eigenvalue weighted by molar-refractivity contribution is 1.10. The van der Waals surface area contributed by atoms with Crippen molar-refractivity contribution in [3.8, 4) is 0 Å². The summed E-state index contributed by atoms with van der Waals surface area (Å²) in [6.45, 7) is 4.62. The van der Waals surface area contributed by atoms with Gasteiger partial charge in [-0.3, -0.25) is 0 Å². The largest absolute Gasteiger partial charge is 0.399 e. The summed E-state index contributed by atoms with van der Waals surface area (Å²) in [4.78, 5) is 2.23. The highest BCUT2D eigenvalue weighted by atomic mass is 15.1. The summed E-state index contributed by atoms with van der Waals surface area (Å²) in [5.41, 5.74) is 8.56. The maximum absolute atomic E-state index is 5.36. The van der Waals surface area contributed by atoms with E-state index in [2.05, 4.69) is 35.7 Å². The Kier molecular flexibility index (Phi) is 6.48. The van der Waals surface area contributed by atoms with Crippen LogP contribution in [0.3, 0.4) is 0 Å². The molecule has 0 aliphatic rings. The molecule has 0 radical (unpaired) electrons. The Morgan fingerprint density at radius 2 is 1.09 bits per heavy atom. The molecule has 2 nitrogen and oxygen atoms in total. The SMILES string of the molecule is C=CCN(c1ccccc1)c1ccccc1.Nc1ccccc1. The molecule has 2 N–H and O–H groups in total. The van der Waals surface area contributed by atoms with Crippen LogP contribution in [0, 0.1) is 0 Å². The van der Waals surface area contributed by atoms with Gasteiger partial charge in [0.1, 0.15) is 0 Å². The number of nitrogens with two attached hydrogens (primary N) is 1. The minimum absolute atomic E-state index is 0.814. The molecule has 0 atom stereocenters. The van der Waals surface area contributed by atoms with Crippen molar-refractivity contribution >= 4 is 17.1 Å². The Bertz CT molecular complexity index is 639. The van der Waals surface area contributed by atoms with Crippen LogP contribution < -0.4 is 10.6 Å². The number of hydrogen-bond acceptors (Lipinski definition) is 2. The van der Waals surface area contributed by atoms with E-state index in [-0.39, 0.29) is 0 Å². The summed E-state index contributed by atoms with van der Waals surface area (Å²) < 4.78 is 0. The highest BCUT2D eigenvalue weighted by Gasteiger charge is 2.05. The van der Waals surface area contributed by atoms with Crippen molar-refractivity contribution in [2.45, 2.75) is 0 Å². The minimum atomic E-state index is 0.814. The van der Waals surface area contributed by atoms with Gasteiger partial charge in [-0.05, 0) is 36.4 Å². The van der Waals surface area contributed by atoms with Gasteiger partial charge in [0.05, 0.1) is 0 Å². The van der Waals surface area contributed by atoms with Gasteiger partial charge < -0.3 is 10.6 Å². The second kappa shape index (κ2) is 9.11. The topological polar surface area (TPSA) is 29.3 Å². The number of nitrogens with zero attached hydrogens (tertiary/aromatic N) is 1. The predicted octanol–water partition coefficient (Wildman–Crippen LogP) is 5.28. The molecule has 116 valence electrons. The summed E-state index contributed by atoms with van der Waals surface area (Å²) in [6.07, 6.45) is 1.92. The maximum atomic E-state index is 5.36. The third-order valence-electron chi connectivity index (χ3n) is 3.25. The van der Waals surface area contributed by atoms with Crippen LogP contribution >= 0.6 is 0 Å². The Labute approximate surface area is 138 Å². The van der Waals surface area contributed by atoms with Crippen LogP contribution in [0.4, 0.5) is 17.1 Å². The molecule has 0 saturated heterocycles. The highest BCUT2D eigenvalue weighted by molar-refractivity contribution is 5.63. The predicted molar refractivity (Wildman–Crippen MR) is 101 cm³/mol. The van der Waals surface area contributed by atoms with E-state index in [1.54, 1.807) is 0 Å². The van der Waals surface area contributed by atoms with Gasteiger partial charge in [0.25, 0.3) is 0 Å². The molecule has 0 saturated carbocycles. The molecule has 0 aromatic heterocycles. The number of nitrogen functional groups attached to an aromatic ring is 1. The Morgan fingerprint density at radius 1 is 0.696 bits per heavy atom. The van der Waals surface area contributed by atoms with Gasteiger partial charge in [0, 0.05) is 23.6 Å². The number of rotatable bonds is 4. The number of benzene rings is 3. The molecule has 0 aliphatic carbocycles. The smallest absolute Gasteiger partial charge is 0.0413 e. The molecule has 0 aliphatic heterocycles. The van der Waals surface area contributed by atoms with Crippen molar-refractivity contribution < 1.29 is 0 Å². The summed E-state index contributed by atoms with van der Waals surface area (Å²) in [5.74, 6) is 0. The molecule has 3 rings (SSSR count). The van der Waals surface area contributed by atoms with Gasteiger partial charge in [-0.1, -0.05) is 60.7 Å². The third kappa shape index (κ3) is 5.36. The second-order valence-corrected chi connectivity index (χ2v) is 4.98. The lowest BCUT2D eigenvalue weighted by Crippen LogP contribution is -2.16. The summed E-state index contributed by atoms with van der Waals surface area (Å²) >= 11 is 0. The molecule has 0 fully saturated rings. The fourth-order valence-electron chi connectivity index (χ4n) is 2.16. The number of hydrogen-bond donors (Lipinski definition) is 1. The zero-order chi connectivity index (χ0) is 16.3. The van der Waals surface area contributed by atoms with E-state index in [0.29, 0.717) is 0 Å². The fraction of sp³-hybridized carbons (Fsp3) is 0.0476. The zero-order valence-electron chi connectivity index (χ0n) is 13.2. The van der Waals surface area contributed by atoms with Gasteiger partial charge in [0.15, 0.2) is 0 Å². The van der Waals surface area contributed by atoms with Crippen LogP contribution in [0.1, 0.15) is 0 Å². The maximum Gasteiger partial charge on any atom is 0.0413 e. The minimum Gasteiger partial charge on any atom is -0.399 e. The van der Waals surface area contributed by atoms with Crippen LogP contribution in [-0.2, 0) is 0 Å². The van der Waals surface area contributed by atoms with Crippen molar-refractivity contribution in [3.05, 3.63) is 104 Å². The normalized spacial score (nSPS) is 9.39. The highest BCUT2D eigenvalue weighted by Crippen LogP contribution is 2.24. The van der Waals surface area contributed by atoms with Gasteiger partial charge in [0.2, 0.25) is 0 Å². The van der Waals surface area contributed by atoms with E-state index in [1.807, 2.05) is 72.8 Å². The number of anilines is 3. The monoisotopic (exact) mass is 302 g/mol. The third-order valence-corrected chi connectivity index (χ3v) is 3.25. The molecule has 0 spiro atoms. The standard InChI is InChI=1S/C15H15N.C6H7N/c1-2-13-16(14-9-5-3-6-10-14)15-11-7-4-8-12-15;7-6-4-2-1-3-5-6/h2-12H,1,13H2;1-5H,7H2. The van der Waals surface area contributed by atoms with Gasteiger partial charge in [-0.2, -0.15) is 0 Å². The van der Waals surface area contributed by atoms with E-state index in [9.17, 15) is 0 Å². The van der Waals surface area contributed by atoms with Crippen LogP contribution in [0.5, 0.6) is 0 Å². The van der Waals surface area contributed by atoms with E-state index >= 15 is 0 Å². The molecule has 0 unspecified atom stereocenters. The second-order valence-electron chi connectivity index (χ2n) is 4.98. The Balaban J connectivity index is 0.000000229. The van der Waals surface area contributed by atoms with Crippen molar-refractivity contribution in [2.75, 3.05) is 17.2 Å². The Hall–Kier alpha value is -3.00. The molecule has 0 amide bonds. The van der Waals surface area contributed by atoms with Gasteiger partial charge >= 0.3 is 0 Å². The van der Waals surface area contributed by atoms with Crippen molar-refractivity contribution in [1.29, 1.82) is 0 Å². The quantitative estimate of drug-likeness (QED) is 0.525. The van der Waals surface area contributed by atoms with Crippen LogP contribution in [0.25, 0.3) is 0 Å². The number of para-hydroxylation sites is 3. The molecule has 23 heavy (non-hydrogen) atoms. The van der Waals surface area contributed by atoms with E-state index in [4.69, 9.17) is 5.73 Å². The average Bonchev–Trinajstić information content (AvgIpc) is 2.62. The first-order chi connectivity index (χ1) is 11.3. The molecule has 0 heterocycles.